The van der Waals surface area contributed by atoms with Gasteiger partial charge in [0.25, 0.3) is 0 Å². The van der Waals surface area contributed by atoms with E-state index in [9.17, 15) is 9.59 Å². The molecule has 0 aliphatic rings. The molecule has 6 nitrogen and oxygen atoms in total. The molecule has 0 atom stereocenters. The predicted octanol–water partition coefficient (Wildman–Crippen LogP) is 1.33. The molecule has 0 bridgehead atoms. The van der Waals surface area contributed by atoms with E-state index >= 15 is 0 Å². The summed E-state index contributed by atoms with van der Waals surface area (Å²) in [5.41, 5.74) is 0.761. The molecule has 0 unspecified atom stereocenters. The van der Waals surface area contributed by atoms with E-state index < -0.39 is 11.9 Å². The number of rotatable bonds is 5. The van der Waals surface area contributed by atoms with Crippen molar-refractivity contribution in [2.75, 3.05) is 14.2 Å². The van der Waals surface area contributed by atoms with Crippen LogP contribution in [0.2, 0.25) is 0 Å². The van der Waals surface area contributed by atoms with Gasteiger partial charge in [-0.15, -0.1) is 0 Å². The Morgan fingerprint density at radius 2 is 1.88 bits per heavy atom. The number of unbranched alkanes of at least 4 members (excludes halogenated alkanes) is 1. The fraction of sp³-hybridized carbons (Fsp3) is 0.545. The molecule has 0 spiro atoms. The quantitative estimate of drug-likeness (QED) is 0.785. The minimum atomic E-state index is -0.649. The van der Waals surface area contributed by atoms with Crippen LogP contribution in [-0.4, -0.2) is 36.4 Å². The lowest BCUT2D eigenvalue weighted by atomic mass is 10.1. The van der Waals surface area contributed by atoms with Gasteiger partial charge < -0.3 is 9.47 Å². The van der Waals surface area contributed by atoms with E-state index in [0.29, 0.717) is 12.1 Å². The second-order valence-corrected chi connectivity index (χ2v) is 3.51. The highest BCUT2D eigenvalue weighted by molar-refractivity contribution is 6.02. The lowest BCUT2D eigenvalue weighted by Crippen LogP contribution is -2.12. The molecule has 1 aromatic rings. The van der Waals surface area contributed by atoms with Gasteiger partial charge in [-0.25, -0.2) is 9.59 Å². The number of aromatic amines is 1. The Bertz CT molecular complexity index is 412. The lowest BCUT2D eigenvalue weighted by Gasteiger charge is -2.02. The van der Waals surface area contributed by atoms with Crippen LogP contribution < -0.4 is 0 Å². The molecule has 0 fully saturated rings. The van der Waals surface area contributed by atoms with Gasteiger partial charge in [0.1, 0.15) is 5.56 Å². The van der Waals surface area contributed by atoms with Crippen LogP contribution in [-0.2, 0) is 15.9 Å². The number of hydrogen-bond donors (Lipinski definition) is 1. The first-order valence-corrected chi connectivity index (χ1v) is 5.39. The second-order valence-electron chi connectivity index (χ2n) is 3.51. The van der Waals surface area contributed by atoms with Gasteiger partial charge in [0.05, 0.1) is 19.9 Å². The van der Waals surface area contributed by atoms with Crippen LogP contribution in [0.3, 0.4) is 0 Å². The van der Waals surface area contributed by atoms with E-state index in [1.54, 1.807) is 0 Å². The maximum atomic E-state index is 11.6. The predicted molar refractivity (Wildman–Crippen MR) is 59.9 cm³/mol. The monoisotopic (exact) mass is 240 g/mol. The summed E-state index contributed by atoms with van der Waals surface area (Å²) in [7, 11) is 2.50. The summed E-state index contributed by atoms with van der Waals surface area (Å²) in [5.74, 6) is -1.23. The number of hydrogen-bond acceptors (Lipinski definition) is 5. The van der Waals surface area contributed by atoms with Crippen molar-refractivity contribution in [3.05, 3.63) is 17.0 Å². The number of esters is 2. The summed E-state index contributed by atoms with van der Waals surface area (Å²) in [4.78, 5) is 23.0. The molecule has 1 heterocycles. The SMILES string of the molecule is CCCCc1[nH]nc(C(=O)OC)c1C(=O)OC. The number of nitrogens with zero attached hydrogens (tertiary/aromatic N) is 1. The van der Waals surface area contributed by atoms with Gasteiger partial charge in [0.15, 0.2) is 5.69 Å². The molecule has 94 valence electrons. The van der Waals surface area contributed by atoms with E-state index in [2.05, 4.69) is 19.7 Å². The van der Waals surface area contributed by atoms with Crippen molar-refractivity contribution in [2.45, 2.75) is 26.2 Å². The van der Waals surface area contributed by atoms with E-state index in [4.69, 9.17) is 0 Å². The molecule has 1 N–H and O–H groups in total. The molecule has 0 aliphatic heterocycles. The van der Waals surface area contributed by atoms with E-state index in [-0.39, 0.29) is 11.3 Å². The zero-order valence-corrected chi connectivity index (χ0v) is 10.2. The summed E-state index contributed by atoms with van der Waals surface area (Å²) in [6.07, 6.45) is 2.52. The average Bonchev–Trinajstić information content (AvgIpc) is 2.78. The summed E-state index contributed by atoms with van der Waals surface area (Å²) in [5, 5.41) is 6.50. The van der Waals surface area contributed by atoms with Gasteiger partial charge in [-0.05, 0) is 12.8 Å². The topological polar surface area (TPSA) is 81.3 Å². The van der Waals surface area contributed by atoms with Gasteiger partial charge in [-0.1, -0.05) is 13.3 Å². The molecule has 0 amide bonds. The number of carbonyl (C=O) groups excluding carboxylic acids is 2. The molecule has 6 heteroatoms. The Balaban J connectivity index is 3.10. The van der Waals surface area contributed by atoms with Crippen LogP contribution in [0.5, 0.6) is 0 Å². The summed E-state index contributed by atoms with van der Waals surface area (Å²) in [6, 6.07) is 0. The Kier molecular flexibility index (Phi) is 4.68. The van der Waals surface area contributed by atoms with Crippen molar-refractivity contribution < 1.29 is 19.1 Å². The lowest BCUT2D eigenvalue weighted by molar-refractivity contribution is 0.0551. The van der Waals surface area contributed by atoms with Crippen molar-refractivity contribution in [3.8, 4) is 0 Å². The minimum Gasteiger partial charge on any atom is -0.465 e. The largest absolute Gasteiger partial charge is 0.465 e. The van der Waals surface area contributed by atoms with Crippen LogP contribution in [0.25, 0.3) is 0 Å². The van der Waals surface area contributed by atoms with Gasteiger partial charge in [0.2, 0.25) is 0 Å². The number of methoxy groups -OCH3 is 2. The summed E-state index contributed by atoms with van der Waals surface area (Å²) in [6.45, 7) is 2.04. The van der Waals surface area contributed by atoms with Crippen LogP contribution in [0.4, 0.5) is 0 Å². The molecule has 1 rings (SSSR count). The van der Waals surface area contributed by atoms with Crippen LogP contribution >= 0.6 is 0 Å². The molecule has 0 aromatic carbocycles. The van der Waals surface area contributed by atoms with Crippen LogP contribution in [0.15, 0.2) is 0 Å². The molecule has 17 heavy (non-hydrogen) atoms. The van der Waals surface area contributed by atoms with Gasteiger partial charge in [-0.2, -0.15) is 5.10 Å². The molecule has 0 aliphatic carbocycles. The van der Waals surface area contributed by atoms with Crippen molar-refractivity contribution in [3.63, 3.8) is 0 Å². The van der Waals surface area contributed by atoms with Crippen molar-refractivity contribution in [1.82, 2.24) is 10.2 Å². The zero-order chi connectivity index (χ0) is 12.8. The van der Waals surface area contributed by atoms with Crippen molar-refractivity contribution in [2.24, 2.45) is 0 Å². The van der Waals surface area contributed by atoms with Gasteiger partial charge >= 0.3 is 11.9 Å². The van der Waals surface area contributed by atoms with E-state index in [1.165, 1.54) is 14.2 Å². The second kappa shape index (κ2) is 6.03. The molecule has 1 aromatic heterocycles. The highest BCUT2D eigenvalue weighted by Crippen LogP contribution is 2.16. The summed E-state index contributed by atoms with van der Waals surface area (Å²) < 4.78 is 9.20. The zero-order valence-electron chi connectivity index (χ0n) is 10.2. The van der Waals surface area contributed by atoms with Crippen LogP contribution in [0, 0.1) is 0 Å². The van der Waals surface area contributed by atoms with Gasteiger partial charge in [-0.3, -0.25) is 5.10 Å². The third kappa shape index (κ3) is 2.83. The minimum absolute atomic E-state index is 0.0227. The number of aromatic nitrogens is 2. The number of nitrogens with one attached hydrogen (secondary N) is 1. The third-order valence-corrected chi connectivity index (χ3v) is 2.39. The normalized spacial score (nSPS) is 10.1. The first kappa shape index (κ1) is 13.2. The standard InChI is InChI=1S/C11H16N2O4/c1-4-5-6-7-8(10(14)16-2)9(13-12-7)11(15)17-3/h4-6H2,1-3H3,(H,12,13). The van der Waals surface area contributed by atoms with E-state index in [1.807, 2.05) is 6.92 Å². The fourth-order valence-corrected chi connectivity index (χ4v) is 1.48. The molecular formula is C11H16N2O4. The highest BCUT2D eigenvalue weighted by atomic mass is 16.5. The molecular weight excluding hydrogens is 224 g/mol. The summed E-state index contributed by atoms with van der Waals surface area (Å²) >= 11 is 0. The maximum absolute atomic E-state index is 11.6. The number of ether oxygens (including phenoxy) is 2. The van der Waals surface area contributed by atoms with Crippen molar-refractivity contribution >= 4 is 11.9 Å². The first-order chi connectivity index (χ1) is 8.15. The first-order valence-electron chi connectivity index (χ1n) is 5.39. The Labute approximate surface area is 99.3 Å². The Morgan fingerprint density at radius 3 is 2.41 bits per heavy atom. The smallest absolute Gasteiger partial charge is 0.359 e. The van der Waals surface area contributed by atoms with E-state index in [0.717, 1.165) is 12.8 Å². The van der Waals surface area contributed by atoms with Gasteiger partial charge in [0, 0.05) is 0 Å². The molecule has 0 saturated heterocycles. The number of aryl methyl sites for hydroxylation is 1. The Morgan fingerprint density at radius 1 is 1.24 bits per heavy atom. The average molecular weight is 240 g/mol. The Hall–Kier alpha value is -1.85. The maximum Gasteiger partial charge on any atom is 0.359 e. The van der Waals surface area contributed by atoms with Crippen molar-refractivity contribution in [1.29, 1.82) is 0 Å². The highest BCUT2D eigenvalue weighted by Gasteiger charge is 2.25. The number of carbonyl (C=O) groups is 2. The number of H-pyrrole nitrogens is 1. The fourth-order valence-electron chi connectivity index (χ4n) is 1.48. The van der Waals surface area contributed by atoms with Crippen LogP contribution in [0.1, 0.15) is 46.3 Å². The molecule has 0 saturated carbocycles. The molecule has 0 radical (unpaired) electrons. The third-order valence-electron chi connectivity index (χ3n) is 2.39.